The average molecular weight is 595 g/mol. The van der Waals surface area contributed by atoms with Gasteiger partial charge in [0.25, 0.3) is 0 Å². The molecule has 1 heterocycles. The number of aliphatic hydroxyl groups is 1. The first kappa shape index (κ1) is 31.4. The highest BCUT2D eigenvalue weighted by atomic mass is 32.2. The summed E-state index contributed by atoms with van der Waals surface area (Å²) in [7, 11) is -11.4. The molecule has 16 heteroatoms. The molecule has 0 aliphatic carbocycles. The van der Waals surface area contributed by atoms with E-state index in [9.17, 15) is 26.7 Å². The number of sulfone groups is 2. The van der Waals surface area contributed by atoms with E-state index in [-0.39, 0.29) is 47.6 Å². The molecule has 0 aromatic heterocycles. The van der Waals surface area contributed by atoms with Crippen LogP contribution in [0.4, 0.5) is 0 Å². The summed E-state index contributed by atoms with van der Waals surface area (Å²) in [5.41, 5.74) is 1.07. The van der Waals surface area contributed by atoms with Gasteiger partial charge in [-0.3, -0.25) is 0 Å². The summed E-state index contributed by atoms with van der Waals surface area (Å²) in [6, 6.07) is 12.3. The molecule has 1 aliphatic heterocycles. The highest BCUT2D eigenvalue weighted by Gasteiger charge is 2.37. The Balaban J connectivity index is 0.000000926. The zero-order valence-corrected chi connectivity index (χ0v) is 22.8. The predicted molar refractivity (Wildman–Crippen MR) is 132 cm³/mol. The van der Waals surface area contributed by atoms with Crippen LogP contribution in [-0.4, -0.2) is 67.8 Å². The van der Waals surface area contributed by atoms with Crippen LogP contribution in [0.15, 0.2) is 69.8 Å². The second-order valence-corrected chi connectivity index (χ2v) is 13.1. The summed E-state index contributed by atoms with van der Waals surface area (Å²) in [6.07, 6.45) is 1.41. The van der Waals surface area contributed by atoms with E-state index >= 15 is 0 Å². The first-order valence-corrected chi connectivity index (χ1v) is 16.0. The minimum absolute atomic E-state index is 0.0618. The third-order valence-corrected chi connectivity index (χ3v) is 6.99. The van der Waals surface area contributed by atoms with Crippen LogP contribution in [0.2, 0.25) is 0 Å². The second-order valence-electron chi connectivity index (χ2n) is 8.03. The molecule has 1 atom stereocenters. The van der Waals surface area contributed by atoms with Gasteiger partial charge < -0.3 is 34.0 Å². The smallest absolute Gasteiger partial charge is 0.466 e. The number of carbonyl (C=O) groups is 1. The zero-order valence-electron chi connectivity index (χ0n) is 20.3. The fourth-order valence-corrected chi connectivity index (χ4v) is 4.51. The van der Waals surface area contributed by atoms with Gasteiger partial charge >= 0.3 is 13.8 Å². The lowest BCUT2D eigenvalue weighted by atomic mass is 10.2. The molecule has 0 fully saturated rings. The van der Waals surface area contributed by atoms with Gasteiger partial charge in [-0.15, -0.1) is 0 Å². The number of hydrogen-bond donors (Lipinski definition) is 4. The van der Waals surface area contributed by atoms with Gasteiger partial charge in [0.05, 0.1) is 9.79 Å². The maximum Gasteiger partial charge on any atom is 0.466 e. The Morgan fingerprint density at radius 3 is 1.74 bits per heavy atom. The van der Waals surface area contributed by atoms with Crippen molar-refractivity contribution in [1.29, 1.82) is 0 Å². The third kappa shape index (κ3) is 10.2. The van der Waals surface area contributed by atoms with Crippen molar-refractivity contribution in [3.63, 3.8) is 0 Å². The van der Waals surface area contributed by atoms with E-state index in [1.54, 1.807) is 24.3 Å². The number of ether oxygens (including phenoxy) is 3. The molecule has 0 amide bonds. The summed E-state index contributed by atoms with van der Waals surface area (Å²) >= 11 is 0. The Labute approximate surface area is 219 Å². The lowest BCUT2D eigenvalue weighted by Crippen LogP contribution is -2.15. The number of esters is 1. The van der Waals surface area contributed by atoms with Gasteiger partial charge in [-0.25, -0.2) is 26.2 Å². The molecule has 2 aromatic rings. The number of hydrogen-bond acceptors (Lipinski definition) is 10. The first-order chi connectivity index (χ1) is 17.5. The van der Waals surface area contributed by atoms with Crippen LogP contribution in [0.1, 0.15) is 17.5 Å². The zero-order chi connectivity index (χ0) is 28.7. The maximum atomic E-state index is 12.4. The Morgan fingerprint density at radius 1 is 0.868 bits per heavy atom. The minimum Gasteiger partial charge on any atom is -0.485 e. The van der Waals surface area contributed by atoms with E-state index in [0.717, 1.165) is 12.5 Å². The Morgan fingerprint density at radius 2 is 1.32 bits per heavy atom. The number of cyclic esters (lactones) is 1. The summed E-state index contributed by atoms with van der Waals surface area (Å²) in [5, 5.41) is 9.31. The standard InChI is InChI=1S/C22H24O9S2.H3O4P/c1-32(25,26)17-7-3-5-15(11-17)13-29-20-19(9-10-23)31-22(24)21(20)30-14-16-6-4-8-18(12-16)33(2,27)28;1-5(2,3)4/h3-8,11-12,19,23H,9-10,13-14H2,1-2H3;(H3,1,2,3,4). The second kappa shape index (κ2) is 12.8. The van der Waals surface area contributed by atoms with Crippen LogP contribution >= 0.6 is 7.82 Å². The number of carbonyl (C=O) groups excluding carboxylic acids is 1. The van der Waals surface area contributed by atoms with Crippen molar-refractivity contribution in [1.82, 2.24) is 0 Å². The molecule has 0 saturated carbocycles. The summed E-state index contributed by atoms with van der Waals surface area (Å²) in [4.78, 5) is 34.2. The molecule has 3 rings (SSSR count). The SMILES string of the molecule is CS(=O)(=O)c1cccc(COC2=C(OCc3cccc(S(C)(=O)=O)c3)C(CCO)OC2=O)c1.O=P(O)(O)O. The molecule has 0 saturated heterocycles. The van der Waals surface area contributed by atoms with Gasteiger partial charge in [0, 0.05) is 25.5 Å². The number of rotatable bonds is 10. The van der Waals surface area contributed by atoms with Crippen molar-refractivity contribution in [3.05, 3.63) is 71.2 Å². The topological polar surface area (TPSA) is 211 Å². The predicted octanol–water partition coefficient (Wildman–Crippen LogP) is 0.818. The number of aliphatic hydroxyl groups excluding tert-OH is 1. The lowest BCUT2D eigenvalue weighted by Gasteiger charge is -2.14. The lowest BCUT2D eigenvalue weighted by molar-refractivity contribution is -0.143. The van der Waals surface area contributed by atoms with E-state index in [1.807, 2.05) is 0 Å². The first-order valence-electron chi connectivity index (χ1n) is 10.7. The molecule has 0 bridgehead atoms. The molecule has 0 radical (unpaired) electrons. The summed E-state index contributed by atoms with van der Waals surface area (Å²) < 4.78 is 72.6. The van der Waals surface area contributed by atoms with Gasteiger partial charge in [0.15, 0.2) is 31.5 Å². The summed E-state index contributed by atoms with van der Waals surface area (Å²) in [5.74, 6) is -0.872. The van der Waals surface area contributed by atoms with Crippen molar-refractivity contribution in [3.8, 4) is 0 Å². The summed E-state index contributed by atoms with van der Waals surface area (Å²) in [6.45, 7) is -0.443. The molecule has 1 aliphatic rings. The molecule has 4 N–H and O–H groups in total. The monoisotopic (exact) mass is 594 g/mol. The Kier molecular flexibility index (Phi) is 10.6. The Hall–Kier alpha value is -2.78. The molecule has 210 valence electrons. The van der Waals surface area contributed by atoms with Gasteiger partial charge in [-0.2, -0.15) is 0 Å². The number of benzene rings is 2. The van der Waals surface area contributed by atoms with E-state index in [1.165, 1.54) is 24.3 Å². The maximum absolute atomic E-state index is 12.4. The number of phosphoric acid groups is 1. The quantitative estimate of drug-likeness (QED) is 0.222. The van der Waals surface area contributed by atoms with E-state index in [2.05, 4.69) is 0 Å². The van der Waals surface area contributed by atoms with E-state index in [4.69, 9.17) is 33.5 Å². The van der Waals surface area contributed by atoms with Crippen LogP contribution in [0, 0.1) is 0 Å². The van der Waals surface area contributed by atoms with Crippen molar-refractivity contribution < 1.29 is 60.2 Å². The van der Waals surface area contributed by atoms with Crippen LogP contribution in [-0.2, 0) is 56.5 Å². The normalized spacial score (nSPS) is 15.9. The van der Waals surface area contributed by atoms with Crippen LogP contribution in [0.5, 0.6) is 0 Å². The largest absolute Gasteiger partial charge is 0.485 e. The van der Waals surface area contributed by atoms with Crippen LogP contribution in [0.25, 0.3) is 0 Å². The van der Waals surface area contributed by atoms with Crippen LogP contribution < -0.4 is 0 Å². The molecular formula is C22H27O13PS2. The van der Waals surface area contributed by atoms with Crippen molar-refractivity contribution in [2.24, 2.45) is 0 Å². The van der Waals surface area contributed by atoms with E-state index < -0.39 is 39.6 Å². The fraction of sp³-hybridized carbons (Fsp3) is 0.318. The minimum atomic E-state index is -4.64. The average Bonchev–Trinajstić information content (AvgIpc) is 3.08. The molecule has 0 spiro atoms. The van der Waals surface area contributed by atoms with Gasteiger partial charge in [-0.1, -0.05) is 24.3 Å². The molecule has 13 nitrogen and oxygen atoms in total. The highest BCUT2D eigenvalue weighted by Crippen LogP contribution is 2.29. The van der Waals surface area contributed by atoms with Gasteiger partial charge in [-0.05, 0) is 35.4 Å². The van der Waals surface area contributed by atoms with Gasteiger partial charge in [0.1, 0.15) is 13.2 Å². The van der Waals surface area contributed by atoms with Crippen molar-refractivity contribution >= 4 is 33.5 Å². The van der Waals surface area contributed by atoms with Crippen molar-refractivity contribution in [2.75, 3.05) is 19.1 Å². The van der Waals surface area contributed by atoms with Gasteiger partial charge in [0.2, 0.25) is 5.76 Å². The molecule has 1 unspecified atom stereocenters. The highest BCUT2D eigenvalue weighted by molar-refractivity contribution is 7.91. The van der Waals surface area contributed by atoms with E-state index in [0.29, 0.717) is 11.1 Å². The fourth-order valence-electron chi connectivity index (χ4n) is 3.13. The third-order valence-electron chi connectivity index (χ3n) is 4.77. The molecule has 38 heavy (non-hydrogen) atoms. The molecule has 2 aromatic carbocycles. The van der Waals surface area contributed by atoms with Crippen LogP contribution in [0.3, 0.4) is 0 Å². The van der Waals surface area contributed by atoms with Crippen molar-refractivity contribution in [2.45, 2.75) is 35.5 Å². The Bertz CT molecular complexity index is 1430. The molecular weight excluding hydrogens is 567 g/mol.